The van der Waals surface area contributed by atoms with Gasteiger partial charge in [-0.2, -0.15) is 5.10 Å². The number of aliphatic hydroxyl groups is 1. The highest BCUT2D eigenvalue weighted by Gasteiger charge is 2.22. The van der Waals surface area contributed by atoms with Crippen LogP contribution in [0.15, 0.2) is 73.3 Å². The molecule has 1 N–H and O–H groups in total. The summed E-state index contributed by atoms with van der Waals surface area (Å²) in [5.74, 6) is 0. The molecule has 150 valence electrons. The van der Waals surface area contributed by atoms with Crippen LogP contribution in [0.25, 0.3) is 28.0 Å². The van der Waals surface area contributed by atoms with E-state index < -0.39 is 6.10 Å². The number of benzene rings is 1. The maximum absolute atomic E-state index is 9.87. The summed E-state index contributed by atoms with van der Waals surface area (Å²) >= 11 is 0. The van der Waals surface area contributed by atoms with Gasteiger partial charge >= 0.3 is 0 Å². The lowest BCUT2D eigenvalue weighted by molar-refractivity contribution is 0.171. The Morgan fingerprint density at radius 1 is 1.10 bits per heavy atom. The molecular weight excluding hydrogens is 374 g/mol. The number of aliphatic hydroxyl groups excluding tert-OH is 1. The van der Waals surface area contributed by atoms with Crippen molar-refractivity contribution in [1.29, 1.82) is 0 Å². The molecule has 0 bridgehead atoms. The minimum absolute atomic E-state index is 0.560. The molecule has 0 spiro atoms. The fourth-order valence-corrected chi connectivity index (χ4v) is 3.89. The van der Waals surface area contributed by atoms with Crippen molar-refractivity contribution >= 4 is 5.65 Å². The van der Waals surface area contributed by atoms with Gasteiger partial charge in [-0.15, -0.1) is 0 Å². The monoisotopic (exact) mass is 397 g/mol. The van der Waals surface area contributed by atoms with Gasteiger partial charge in [-0.1, -0.05) is 43.0 Å². The average Bonchev–Trinajstić information content (AvgIpc) is 3.20. The predicted octanol–water partition coefficient (Wildman–Crippen LogP) is 3.71. The van der Waals surface area contributed by atoms with Crippen LogP contribution in [0.5, 0.6) is 0 Å². The smallest absolute Gasteiger partial charge is 0.163 e. The molecule has 1 aliphatic rings. The first-order valence-electron chi connectivity index (χ1n) is 10.1. The second kappa shape index (κ2) is 7.39. The van der Waals surface area contributed by atoms with E-state index in [2.05, 4.69) is 46.0 Å². The van der Waals surface area contributed by atoms with E-state index >= 15 is 0 Å². The fourth-order valence-electron chi connectivity index (χ4n) is 3.89. The molecule has 0 saturated heterocycles. The van der Waals surface area contributed by atoms with E-state index in [1.165, 1.54) is 5.56 Å². The molecule has 0 amide bonds. The predicted molar refractivity (Wildman–Crippen MR) is 117 cm³/mol. The molecule has 3 aromatic heterocycles. The lowest BCUT2D eigenvalue weighted by Gasteiger charge is -2.32. The summed E-state index contributed by atoms with van der Waals surface area (Å²) < 4.78 is 1.85. The molecule has 30 heavy (non-hydrogen) atoms. The highest BCUT2D eigenvalue weighted by molar-refractivity contribution is 5.77. The first-order valence-corrected chi connectivity index (χ1v) is 10.1. The van der Waals surface area contributed by atoms with E-state index in [-0.39, 0.29) is 0 Å². The Hall–Kier alpha value is -3.51. The van der Waals surface area contributed by atoms with Crippen LogP contribution in [0.2, 0.25) is 0 Å². The van der Waals surface area contributed by atoms with Gasteiger partial charge in [0.2, 0.25) is 0 Å². The number of hydrogen-bond acceptors (Lipinski definition) is 5. The average molecular weight is 397 g/mol. The van der Waals surface area contributed by atoms with Crippen molar-refractivity contribution in [2.75, 3.05) is 6.54 Å². The van der Waals surface area contributed by atoms with Crippen molar-refractivity contribution in [3.63, 3.8) is 0 Å². The first-order chi connectivity index (χ1) is 14.6. The summed E-state index contributed by atoms with van der Waals surface area (Å²) in [5, 5.41) is 14.4. The van der Waals surface area contributed by atoms with Crippen LogP contribution in [0.3, 0.4) is 0 Å². The topological polar surface area (TPSA) is 66.5 Å². The Kier molecular flexibility index (Phi) is 4.56. The van der Waals surface area contributed by atoms with Crippen molar-refractivity contribution in [2.24, 2.45) is 0 Å². The van der Waals surface area contributed by atoms with Crippen molar-refractivity contribution in [3.05, 3.63) is 84.6 Å². The normalized spacial score (nSPS) is 14.5. The maximum atomic E-state index is 9.87. The third kappa shape index (κ3) is 3.25. The van der Waals surface area contributed by atoms with E-state index in [1.807, 2.05) is 41.2 Å². The van der Waals surface area contributed by atoms with E-state index in [0.717, 1.165) is 52.4 Å². The Morgan fingerprint density at radius 3 is 2.67 bits per heavy atom. The summed E-state index contributed by atoms with van der Waals surface area (Å²) in [4.78, 5) is 11.7. The number of rotatable bonds is 4. The third-order valence-electron chi connectivity index (χ3n) is 5.68. The molecule has 0 saturated carbocycles. The molecular formula is C24H23N5O. The molecule has 1 aromatic carbocycles. The lowest BCUT2D eigenvalue weighted by Crippen LogP contribution is -2.34. The van der Waals surface area contributed by atoms with Crippen LogP contribution in [0.1, 0.15) is 18.2 Å². The van der Waals surface area contributed by atoms with Crippen LogP contribution in [-0.4, -0.2) is 42.2 Å². The van der Waals surface area contributed by atoms with Crippen molar-refractivity contribution in [2.45, 2.75) is 26.0 Å². The summed E-state index contributed by atoms with van der Waals surface area (Å²) in [6.07, 6.45) is 6.08. The van der Waals surface area contributed by atoms with Gasteiger partial charge in [0.1, 0.15) is 0 Å². The molecule has 6 nitrogen and oxygen atoms in total. The molecule has 1 aliphatic heterocycles. The molecule has 0 fully saturated rings. The van der Waals surface area contributed by atoms with Crippen LogP contribution in [-0.2, 0) is 13.0 Å². The van der Waals surface area contributed by atoms with Crippen molar-refractivity contribution in [3.8, 4) is 22.4 Å². The number of fused-ring (bicyclic) bond motifs is 2. The van der Waals surface area contributed by atoms with E-state index in [0.29, 0.717) is 6.54 Å². The first kappa shape index (κ1) is 18.5. The van der Waals surface area contributed by atoms with Crippen molar-refractivity contribution < 1.29 is 5.11 Å². The zero-order valence-electron chi connectivity index (χ0n) is 16.9. The second-order valence-electron chi connectivity index (χ2n) is 7.68. The number of nitrogens with zero attached hydrogens (tertiary/aromatic N) is 5. The van der Waals surface area contributed by atoms with Gasteiger partial charge in [0, 0.05) is 41.3 Å². The quantitative estimate of drug-likeness (QED) is 0.569. The van der Waals surface area contributed by atoms with Crippen LogP contribution < -0.4 is 0 Å². The standard InChI is InChI=1S/C24H23N5O/c1-16(17(2)30)28-11-10-20-14-29-24(27-23(20)15-28)21(13-26-29)19-8-9-22(25-12-19)18-6-4-3-5-7-18/h3-9,12-14,17,30H,1,10-11,15H2,2H3. The molecule has 4 heterocycles. The van der Waals surface area contributed by atoms with E-state index in [4.69, 9.17) is 4.98 Å². The zero-order valence-corrected chi connectivity index (χ0v) is 16.9. The Morgan fingerprint density at radius 2 is 1.93 bits per heavy atom. The van der Waals surface area contributed by atoms with Gasteiger partial charge in [0.05, 0.1) is 30.2 Å². The van der Waals surface area contributed by atoms with Gasteiger partial charge in [-0.25, -0.2) is 9.50 Å². The SMILES string of the molecule is C=C(C(C)O)N1CCc2cn3ncc(-c4ccc(-c5ccccc5)nc4)c3nc2C1. The Balaban J connectivity index is 1.49. The minimum Gasteiger partial charge on any atom is -0.387 e. The molecule has 0 aliphatic carbocycles. The summed E-state index contributed by atoms with van der Waals surface area (Å²) in [5.41, 5.74) is 7.71. The van der Waals surface area contributed by atoms with Crippen molar-refractivity contribution in [1.82, 2.24) is 24.5 Å². The molecule has 1 atom stereocenters. The van der Waals surface area contributed by atoms with Gasteiger partial charge in [-0.3, -0.25) is 4.98 Å². The summed E-state index contributed by atoms with van der Waals surface area (Å²) in [7, 11) is 0. The number of pyridine rings is 1. The van der Waals surface area contributed by atoms with Crippen LogP contribution in [0.4, 0.5) is 0 Å². The molecule has 0 radical (unpaired) electrons. The fraction of sp³-hybridized carbons (Fsp3) is 0.208. The largest absolute Gasteiger partial charge is 0.387 e. The Labute approximate surface area is 175 Å². The van der Waals surface area contributed by atoms with E-state index in [9.17, 15) is 5.11 Å². The van der Waals surface area contributed by atoms with Gasteiger partial charge in [0.15, 0.2) is 5.65 Å². The highest BCUT2D eigenvalue weighted by atomic mass is 16.3. The second-order valence-corrected chi connectivity index (χ2v) is 7.68. The molecule has 1 unspecified atom stereocenters. The van der Waals surface area contributed by atoms with E-state index in [1.54, 1.807) is 6.92 Å². The molecule has 6 heteroatoms. The zero-order chi connectivity index (χ0) is 20.7. The van der Waals surface area contributed by atoms with Crippen LogP contribution >= 0.6 is 0 Å². The summed E-state index contributed by atoms with van der Waals surface area (Å²) in [6, 6.07) is 14.2. The molecule has 4 aromatic rings. The maximum Gasteiger partial charge on any atom is 0.163 e. The summed E-state index contributed by atoms with van der Waals surface area (Å²) in [6.45, 7) is 7.24. The number of hydrogen-bond donors (Lipinski definition) is 1. The lowest BCUT2D eigenvalue weighted by atomic mass is 10.0. The van der Waals surface area contributed by atoms with Crippen LogP contribution in [0, 0.1) is 0 Å². The molecule has 5 rings (SSSR count). The number of aromatic nitrogens is 4. The van der Waals surface area contributed by atoms with Gasteiger partial charge in [0.25, 0.3) is 0 Å². The van der Waals surface area contributed by atoms with Gasteiger partial charge < -0.3 is 10.0 Å². The Bertz CT molecular complexity index is 1210. The van der Waals surface area contributed by atoms with Gasteiger partial charge in [-0.05, 0) is 25.0 Å². The highest BCUT2D eigenvalue weighted by Crippen LogP contribution is 2.28. The minimum atomic E-state index is -0.560. The third-order valence-corrected chi connectivity index (χ3v) is 5.68.